The van der Waals surface area contributed by atoms with Gasteiger partial charge in [-0.05, 0) is 25.2 Å². The third-order valence-electron chi connectivity index (χ3n) is 3.46. The molecular formula is C17H31NO. The molecule has 1 amide bonds. The molecule has 2 nitrogen and oxygen atoms in total. The van der Waals surface area contributed by atoms with E-state index in [9.17, 15) is 4.79 Å². The molecule has 1 unspecified atom stereocenters. The summed E-state index contributed by atoms with van der Waals surface area (Å²) in [5, 5.41) is 0. The number of carbonyl (C=O) groups excluding carboxylic acids is 1. The lowest BCUT2D eigenvalue weighted by Gasteiger charge is -2.09. The minimum absolute atomic E-state index is 0.363. The Labute approximate surface area is 119 Å². The number of hydrogen-bond acceptors (Lipinski definition) is 1. The van der Waals surface area contributed by atoms with E-state index >= 15 is 0 Å². The Kier molecular flexibility index (Phi) is 11.3. The second kappa shape index (κ2) is 12.0. The van der Waals surface area contributed by atoms with Crippen LogP contribution in [-0.2, 0) is 4.79 Å². The largest absolute Gasteiger partial charge is 0.366 e. The van der Waals surface area contributed by atoms with Crippen LogP contribution in [0.5, 0.6) is 0 Å². The van der Waals surface area contributed by atoms with E-state index in [0.29, 0.717) is 5.92 Å². The normalized spacial score (nSPS) is 13.9. The predicted molar refractivity (Wildman–Crippen MR) is 83.9 cm³/mol. The third kappa shape index (κ3) is 11.8. The van der Waals surface area contributed by atoms with Crippen LogP contribution in [0.1, 0.15) is 72.1 Å². The summed E-state index contributed by atoms with van der Waals surface area (Å²) in [6.45, 7) is 6.68. The minimum atomic E-state index is -0.363. The lowest BCUT2D eigenvalue weighted by molar-refractivity contribution is -0.113. The predicted octanol–water partition coefficient (Wildman–Crippen LogP) is 4.75. The molecule has 0 aliphatic heterocycles. The fourth-order valence-corrected chi connectivity index (χ4v) is 1.99. The molecule has 0 aromatic rings. The summed E-state index contributed by atoms with van der Waals surface area (Å²) in [7, 11) is 0. The first-order chi connectivity index (χ1) is 9.10. The van der Waals surface area contributed by atoms with E-state index < -0.39 is 0 Å². The summed E-state index contributed by atoms with van der Waals surface area (Å²) in [4.78, 5) is 10.8. The molecular weight excluding hydrogens is 234 g/mol. The zero-order valence-electron chi connectivity index (χ0n) is 13.0. The third-order valence-corrected chi connectivity index (χ3v) is 3.46. The molecule has 110 valence electrons. The molecule has 0 spiro atoms. The van der Waals surface area contributed by atoms with Crippen LogP contribution in [0, 0.1) is 5.92 Å². The highest BCUT2D eigenvalue weighted by molar-refractivity contribution is 5.86. The molecule has 0 aromatic carbocycles. The van der Waals surface area contributed by atoms with Gasteiger partial charge < -0.3 is 5.73 Å². The van der Waals surface area contributed by atoms with E-state index in [4.69, 9.17) is 5.73 Å². The number of rotatable bonds is 11. The fourth-order valence-electron chi connectivity index (χ4n) is 1.99. The van der Waals surface area contributed by atoms with Crippen LogP contribution < -0.4 is 5.73 Å². The molecule has 0 aliphatic carbocycles. The van der Waals surface area contributed by atoms with Crippen molar-refractivity contribution in [3.05, 3.63) is 23.8 Å². The Morgan fingerprint density at radius 1 is 1.11 bits per heavy atom. The quantitative estimate of drug-likeness (QED) is 0.327. The van der Waals surface area contributed by atoms with Gasteiger partial charge in [0.05, 0.1) is 0 Å². The second-order valence-corrected chi connectivity index (χ2v) is 5.44. The van der Waals surface area contributed by atoms with E-state index in [2.05, 4.69) is 26.8 Å². The molecule has 0 aliphatic rings. The van der Waals surface area contributed by atoms with Crippen molar-refractivity contribution in [3.63, 3.8) is 0 Å². The van der Waals surface area contributed by atoms with Crippen molar-refractivity contribution >= 4 is 5.91 Å². The lowest BCUT2D eigenvalue weighted by atomic mass is 9.97. The highest BCUT2D eigenvalue weighted by atomic mass is 16.1. The van der Waals surface area contributed by atoms with Gasteiger partial charge in [0.1, 0.15) is 0 Å². The van der Waals surface area contributed by atoms with Gasteiger partial charge in [-0.1, -0.05) is 70.6 Å². The van der Waals surface area contributed by atoms with Gasteiger partial charge in [-0.2, -0.15) is 0 Å². The van der Waals surface area contributed by atoms with Crippen LogP contribution in [0.15, 0.2) is 23.8 Å². The van der Waals surface area contributed by atoms with E-state index in [1.165, 1.54) is 43.8 Å². The zero-order chi connectivity index (χ0) is 14.5. The number of unbranched alkanes of at least 4 members (excludes halogenated alkanes) is 5. The van der Waals surface area contributed by atoms with Gasteiger partial charge in [0.25, 0.3) is 0 Å². The van der Waals surface area contributed by atoms with Gasteiger partial charge in [0.2, 0.25) is 5.91 Å². The van der Waals surface area contributed by atoms with Gasteiger partial charge in [-0.3, -0.25) is 4.79 Å². The van der Waals surface area contributed by atoms with Gasteiger partial charge in [-0.25, -0.2) is 0 Å². The first-order valence-electron chi connectivity index (χ1n) is 7.76. The maximum Gasteiger partial charge on any atom is 0.241 e. The molecule has 2 heteroatoms. The van der Waals surface area contributed by atoms with Crippen molar-refractivity contribution in [3.8, 4) is 0 Å². The SMILES string of the molecule is CCCCCCCC=C(C=CC(N)=O)CC(C)CC. The van der Waals surface area contributed by atoms with Crippen LogP contribution in [0.2, 0.25) is 0 Å². The van der Waals surface area contributed by atoms with Crippen molar-refractivity contribution in [2.24, 2.45) is 11.7 Å². The number of hydrogen-bond donors (Lipinski definition) is 1. The molecule has 0 fully saturated rings. The van der Waals surface area contributed by atoms with Crippen LogP contribution in [0.25, 0.3) is 0 Å². The second-order valence-electron chi connectivity index (χ2n) is 5.44. The average Bonchev–Trinajstić information content (AvgIpc) is 2.39. The van der Waals surface area contributed by atoms with E-state index in [-0.39, 0.29) is 5.91 Å². The van der Waals surface area contributed by atoms with Crippen molar-refractivity contribution in [2.45, 2.75) is 72.1 Å². The zero-order valence-corrected chi connectivity index (χ0v) is 13.0. The van der Waals surface area contributed by atoms with Gasteiger partial charge in [0, 0.05) is 6.08 Å². The van der Waals surface area contributed by atoms with E-state index in [1.54, 1.807) is 0 Å². The molecule has 0 rings (SSSR count). The lowest BCUT2D eigenvalue weighted by Crippen LogP contribution is -2.05. The highest BCUT2D eigenvalue weighted by Gasteiger charge is 2.01. The van der Waals surface area contributed by atoms with E-state index in [0.717, 1.165) is 19.3 Å². The minimum Gasteiger partial charge on any atom is -0.366 e. The topological polar surface area (TPSA) is 43.1 Å². The fraction of sp³-hybridized carbons (Fsp3) is 0.706. The van der Waals surface area contributed by atoms with Gasteiger partial charge in [0.15, 0.2) is 0 Å². The number of carbonyl (C=O) groups is 1. The summed E-state index contributed by atoms with van der Waals surface area (Å²) in [6.07, 6.45) is 15.5. The number of primary amides is 1. The Bertz CT molecular complexity index is 292. The molecule has 0 radical (unpaired) electrons. The van der Waals surface area contributed by atoms with Gasteiger partial charge in [-0.15, -0.1) is 0 Å². The summed E-state index contributed by atoms with van der Waals surface area (Å²) >= 11 is 0. The summed E-state index contributed by atoms with van der Waals surface area (Å²) in [5.41, 5.74) is 6.41. The molecule has 1 atom stereocenters. The molecule has 0 saturated carbocycles. The smallest absolute Gasteiger partial charge is 0.241 e. The standard InChI is InChI=1S/C17H31NO/c1-4-6-7-8-9-10-11-16(12-13-17(18)19)14-15(3)5-2/h11-13,15H,4-10,14H2,1-3H3,(H2,18,19). The molecule has 0 saturated heterocycles. The molecule has 2 N–H and O–H groups in total. The van der Waals surface area contributed by atoms with Gasteiger partial charge >= 0.3 is 0 Å². The maximum absolute atomic E-state index is 10.8. The maximum atomic E-state index is 10.8. The van der Waals surface area contributed by atoms with Crippen molar-refractivity contribution in [2.75, 3.05) is 0 Å². The van der Waals surface area contributed by atoms with Crippen LogP contribution in [0.4, 0.5) is 0 Å². The summed E-state index contributed by atoms with van der Waals surface area (Å²) in [5.74, 6) is 0.293. The Balaban J connectivity index is 4.18. The Morgan fingerprint density at radius 3 is 2.37 bits per heavy atom. The number of allylic oxidation sites excluding steroid dienone is 3. The Morgan fingerprint density at radius 2 is 1.79 bits per heavy atom. The first-order valence-corrected chi connectivity index (χ1v) is 7.76. The molecule has 0 bridgehead atoms. The first kappa shape index (κ1) is 17.9. The van der Waals surface area contributed by atoms with Crippen molar-refractivity contribution in [1.82, 2.24) is 0 Å². The van der Waals surface area contributed by atoms with Crippen molar-refractivity contribution < 1.29 is 4.79 Å². The van der Waals surface area contributed by atoms with Crippen LogP contribution in [0.3, 0.4) is 0 Å². The van der Waals surface area contributed by atoms with E-state index in [1.807, 2.05) is 6.08 Å². The monoisotopic (exact) mass is 265 g/mol. The summed E-state index contributed by atoms with van der Waals surface area (Å²) < 4.78 is 0. The van der Waals surface area contributed by atoms with Crippen LogP contribution >= 0.6 is 0 Å². The molecule has 19 heavy (non-hydrogen) atoms. The highest BCUT2D eigenvalue weighted by Crippen LogP contribution is 2.17. The molecule has 0 aromatic heterocycles. The number of amides is 1. The summed E-state index contributed by atoms with van der Waals surface area (Å²) in [6, 6.07) is 0. The average molecular weight is 265 g/mol. The molecule has 0 heterocycles. The number of nitrogens with two attached hydrogens (primary N) is 1. The van der Waals surface area contributed by atoms with Crippen molar-refractivity contribution in [1.29, 1.82) is 0 Å². The van der Waals surface area contributed by atoms with Crippen LogP contribution in [-0.4, -0.2) is 5.91 Å². The Hall–Kier alpha value is -1.05.